The quantitative estimate of drug-likeness (QED) is 0.834. The van der Waals surface area contributed by atoms with Crippen molar-refractivity contribution < 1.29 is 19.1 Å². The standard InChI is InChI=1S/C19H26N4O4/c24-18(17-5-4-16(27-17)12-23-9-3-6-20-23)22-10-11-26-15-19(25,14-22)13-21-7-1-2-8-21/h3-6,9,25H,1-2,7-8,10-15H2/t19-/m0/s1. The van der Waals surface area contributed by atoms with E-state index in [0.717, 1.165) is 25.9 Å². The number of rotatable bonds is 5. The van der Waals surface area contributed by atoms with E-state index in [0.29, 0.717) is 32.0 Å². The number of carbonyl (C=O) groups is 1. The molecule has 1 N–H and O–H groups in total. The Balaban J connectivity index is 1.43. The predicted octanol–water partition coefficient (Wildman–Crippen LogP) is 0.824. The van der Waals surface area contributed by atoms with Gasteiger partial charge in [-0.25, -0.2) is 0 Å². The SMILES string of the molecule is O=C(c1ccc(Cn2cccn2)o1)N1CCOC[C@](O)(CN2CCCC2)C1. The molecule has 2 aromatic heterocycles. The van der Waals surface area contributed by atoms with E-state index in [1.165, 1.54) is 0 Å². The van der Waals surface area contributed by atoms with E-state index in [-0.39, 0.29) is 24.8 Å². The van der Waals surface area contributed by atoms with E-state index in [1.807, 2.05) is 12.3 Å². The lowest BCUT2D eigenvalue weighted by atomic mass is 10.0. The normalized spacial score (nSPS) is 24.3. The van der Waals surface area contributed by atoms with Gasteiger partial charge in [-0.1, -0.05) is 0 Å². The van der Waals surface area contributed by atoms with Crippen molar-refractivity contribution in [1.29, 1.82) is 0 Å². The number of amides is 1. The number of nitrogens with zero attached hydrogens (tertiary/aromatic N) is 4. The monoisotopic (exact) mass is 374 g/mol. The van der Waals surface area contributed by atoms with Gasteiger partial charge in [-0.15, -0.1) is 0 Å². The van der Waals surface area contributed by atoms with Gasteiger partial charge in [-0.3, -0.25) is 9.48 Å². The summed E-state index contributed by atoms with van der Waals surface area (Å²) in [6.45, 7) is 4.33. The summed E-state index contributed by atoms with van der Waals surface area (Å²) < 4.78 is 13.1. The molecule has 2 aliphatic rings. The second-order valence-corrected chi connectivity index (χ2v) is 7.46. The summed E-state index contributed by atoms with van der Waals surface area (Å²) in [5.74, 6) is 0.732. The van der Waals surface area contributed by atoms with Gasteiger partial charge in [0.1, 0.15) is 11.4 Å². The van der Waals surface area contributed by atoms with Crippen molar-refractivity contribution in [3.05, 3.63) is 42.1 Å². The van der Waals surface area contributed by atoms with Crippen LogP contribution in [0.15, 0.2) is 35.0 Å². The number of carbonyl (C=O) groups excluding carboxylic acids is 1. The van der Waals surface area contributed by atoms with Crippen LogP contribution >= 0.6 is 0 Å². The minimum Gasteiger partial charge on any atom is -0.454 e. The molecule has 8 heteroatoms. The minimum absolute atomic E-state index is 0.216. The first-order valence-electron chi connectivity index (χ1n) is 9.49. The number of hydrogen-bond acceptors (Lipinski definition) is 6. The largest absolute Gasteiger partial charge is 0.454 e. The van der Waals surface area contributed by atoms with Gasteiger partial charge in [0.05, 0.1) is 26.3 Å². The van der Waals surface area contributed by atoms with E-state index in [4.69, 9.17) is 9.15 Å². The Labute approximate surface area is 158 Å². The molecule has 0 saturated carbocycles. The Morgan fingerprint density at radius 1 is 1.26 bits per heavy atom. The average molecular weight is 374 g/mol. The zero-order chi connectivity index (χ0) is 18.7. The Morgan fingerprint density at radius 2 is 2.11 bits per heavy atom. The maximum atomic E-state index is 12.9. The van der Waals surface area contributed by atoms with Crippen LogP contribution in [0.5, 0.6) is 0 Å². The zero-order valence-electron chi connectivity index (χ0n) is 15.4. The lowest BCUT2D eigenvalue weighted by molar-refractivity contribution is -0.0525. The van der Waals surface area contributed by atoms with Crippen molar-refractivity contribution in [3.63, 3.8) is 0 Å². The minimum atomic E-state index is -1.05. The number of aromatic nitrogens is 2. The summed E-state index contributed by atoms with van der Waals surface area (Å²) in [6, 6.07) is 5.32. The summed E-state index contributed by atoms with van der Waals surface area (Å²) in [7, 11) is 0. The van der Waals surface area contributed by atoms with Crippen LogP contribution in [0.2, 0.25) is 0 Å². The van der Waals surface area contributed by atoms with Crippen LogP contribution in [-0.2, 0) is 11.3 Å². The van der Waals surface area contributed by atoms with Crippen LogP contribution in [-0.4, -0.2) is 82.1 Å². The Bertz CT molecular complexity index is 754. The summed E-state index contributed by atoms with van der Waals surface area (Å²) in [5, 5.41) is 15.2. The molecule has 0 bridgehead atoms. The van der Waals surface area contributed by atoms with Gasteiger partial charge < -0.3 is 24.1 Å². The first kappa shape index (κ1) is 18.2. The molecule has 2 fully saturated rings. The zero-order valence-corrected chi connectivity index (χ0v) is 15.4. The molecule has 4 heterocycles. The van der Waals surface area contributed by atoms with Crippen LogP contribution < -0.4 is 0 Å². The third kappa shape index (κ3) is 4.40. The number of aliphatic hydroxyl groups is 1. The molecule has 1 atom stereocenters. The fraction of sp³-hybridized carbons (Fsp3) is 0.579. The molecule has 2 saturated heterocycles. The fourth-order valence-electron chi connectivity index (χ4n) is 3.83. The molecule has 8 nitrogen and oxygen atoms in total. The van der Waals surface area contributed by atoms with Crippen molar-refractivity contribution in [2.45, 2.75) is 25.0 Å². The molecule has 0 unspecified atom stereocenters. The van der Waals surface area contributed by atoms with Gasteiger partial charge in [0, 0.05) is 25.5 Å². The van der Waals surface area contributed by atoms with Gasteiger partial charge >= 0.3 is 0 Å². The molecule has 2 aromatic rings. The Morgan fingerprint density at radius 3 is 2.89 bits per heavy atom. The van der Waals surface area contributed by atoms with Gasteiger partial charge in [0.2, 0.25) is 0 Å². The lowest BCUT2D eigenvalue weighted by Gasteiger charge is -2.33. The number of hydrogen-bond donors (Lipinski definition) is 1. The van der Waals surface area contributed by atoms with Gasteiger partial charge in [0.25, 0.3) is 5.91 Å². The third-order valence-corrected chi connectivity index (χ3v) is 5.11. The van der Waals surface area contributed by atoms with E-state index < -0.39 is 5.60 Å². The van der Waals surface area contributed by atoms with E-state index >= 15 is 0 Å². The average Bonchev–Trinajstić information content (AvgIpc) is 3.39. The number of furan rings is 1. The molecule has 146 valence electrons. The maximum absolute atomic E-state index is 12.9. The number of ether oxygens (including phenoxy) is 1. The second kappa shape index (κ2) is 7.84. The Hall–Kier alpha value is -2.16. The van der Waals surface area contributed by atoms with Gasteiger partial charge in [0.15, 0.2) is 5.76 Å². The summed E-state index contributed by atoms with van der Waals surface area (Å²) in [4.78, 5) is 16.8. The molecule has 0 spiro atoms. The summed E-state index contributed by atoms with van der Waals surface area (Å²) >= 11 is 0. The molecule has 0 aromatic carbocycles. The predicted molar refractivity (Wildman–Crippen MR) is 97.4 cm³/mol. The summed E-state index contributed by atoms with van der Waals surface area (Å²) in [6.07, 6.45) is 5.86. The van der Waals surface area contributed by atoms with E-state index in [2.05, 4.69) is 10.00 Å². The molecule has 0 aliphatic carbocycles. The van der Waals surface area contributed by atoms with Crippen molar-refractivity contribution >= 4 is 5.91 Å². The Kier molecular flexibility index (Phi) is 5.29. The van der Waals surface area contributed by atoms with Crippen LogP contribution in [0.4, 0.5) is 0 Å². The number of likely N-dealkylation sites (tertiary alicyclic amines) is 1. The van der Waals surface area contributed by atoms with E-state index in [1.54, 1.807) is 27.9 Å². The van der Waals surface area contributed by atoms with Crippen molar-refractivity contribution in [2.24, 2.45) is 0 Å². The second-order valence-electron chi connectivity index (χ2n) is 7.46. The van der Waals surface area contributed by atoms with Crippen LogP contribution in [0.25, 0.3) is 0 Å². The molecule has 2 aliphatic heterocycles. The lowest BCUT2D eigenvalue weighted by Crippen LogP contribution is -2.52. The smallest absolute Gasteiger partial charge is 0.289 e. The van der Waals surface area contributed by atoms with E-state index in [9.17, 15) is 9.90 Å². The highest BCUT2D eigenvalue weighted by Gasteiger charge is 2.37. The molecule has 4 rings (SSSR count). The topological polar surface area (TPSA) is 84.0 Å². The molecule has 0 radical (unpaired) electrons. The first-order valence-corrected chi connectivity index (χ1v) is 9.49. The highest BCUT2D eigenvalue weighted by atomic mass is 16.5. The highest BCUT2D eigenvalue weighted by Crippen LogP contribution is 2.20. The fourth-order valence-corrected chi connectivity index (χ4v) is 3.83. The molecule has 27 heavy (non-hydrogen) atoms. The van der Waals surface area contributed by atoms with Crippen molar-refractivity contribution in [3.8, 4) is 0 Å². The summed E-state index contributed by atoms with van der Waals surface area (Å²) in [5.41, 5.74) is -1.05. The molecule has 1 amide bonds. The number of β-amino-alcohol motifs (C(OH)–C–C–N with tert-alkyl or cyclic N) is 1. The molecular formula is C19H26N4O4. The third-order valence-electron chi connectivity index (χ3n) is 5.11. The van der Waals surface area contributed by atoms with Crippen LogP contribution in [0.1, 0.15) is 29.2 Å². The van der Waals surface area contributed by atoms with Crippen LogP contribution in [0, 0.1) is 0 Å². The van der Waals surface area contributed by atoms with Crippen molar-refractivity contribution in [1.82, 2.24) is 19.6 Å². The van der Waals surface area contributed by atoms with Crippen LogP contribution in [0.3, 0.4) is 0 Å². The highest BCUT2D eigenvalue weighted by molar-refractivity contribution is 5.91. The maximum Gasteiger partial charge on any atom is 0.289 e. The van der Waals surface area contributed by atoms with Crippen molar-refractivity contribution in [2.75, 3.05) is 45.9 Å². The van der Waals surface area contributed by atoms with Gasteiger partial charge in [-0.05, 0) is 44.1 Å². The van der Waals surface area contributed by atoms with Gasteiger partial charge in [-0.2, -0.15) is 5.10 Å². The first-order chi connectivity index (χ1) is 13.1. The molecular weight excluding hydrogens is 348 g/mol.